The van der Waals surface area contributed by atoms with Gasteiger partial charge in [0.25, 0.3) is 0 Å². The van der Waals surface area contributed by atoms with Gasteiger partial charge in [-0.2, -0.15) is 0 Å². The van der Waals surface area contributed by atoms with Crippen molar-refractivity contribution in [3.8, 4) is 0 Å². The summed E-state index contributed by atoms with van der Waals surface area (Å²) in [5, 5.41) is 2.99. The fraction of sp³-hybridized carbons (Fsp3) is 0.188. The molecule has 2 aromatic rings. The van der Waals surface area contributed by atoms with Crippen LogP contribution in [0, 0.1) is 5.82 Å². The van der Waals surface area contributed by atoms with Gasteiger partial charge in [-0.1, -0.05) is 30.3 Å². The van der Waals surface area contributed by atoms with Gasteiger partial charge in [0.1, 0.15) is 5.82 Å². The van der Waals surface area contributed by atoms with Gasteiger partial charge in [0.15, 0.2) is 0 Å². The van der Waals surface area contributed by atoms with Gasteiger partial charge in [0, 0.05) is 10.9 Å². The number of benzene rings is 2. The van der Waals surface area contributed by atoms with Crippen molar-refractivity contribution in [1.82, 2.24) is 0 Å². The van der Waals surface area contributed by atoms with E-state index in [1.165, 1.54) is 23.9 Å². The number of hydrogen-bond donors (Lipinski definition) is 1. The average Bonchev–Trinajstić information content (AvgIpc) is 2.46. The van der Waals surface area contributed by atoms with Crippen LogP contribution in [0.1, 0.15) is 17.7 Å². The van der Waals surface area contributed by atoms with Crippen LogP contribution in [-0.4, -0.2) is 11.7 Å². The van der Waals surface area contributed by atoms with Gasteiger partial charge in [0.2, 0.25) is 5.91 Å². The molecule has 0 spiro atoms. The molecule has 0 radical (unpaired) electrons. The quantitative estimate of drug-likeness (QED) is 0.891. The highest BCUT2D eigenvalue weighted by atomic mass is 32.2. The topological polar surface area (TPSA) is 29.1 Å². The van der Waals surface area contributed by atoms with Crippen molar-refractivity contribution in [3.63, 3.8) is 0 Å². The number of rotatable bonds is 5. The van der Waals surface area contributed by atoms with Crippen LogP contribution in [0.4, 0.5) is 10.1 Å². The van der Waals surface area contributed by atoms with Crippen LogP contribution in [0.3, 0.4) is 0 Å². The number of carbonyl (C=O) groups is 1. The molecule has 2 nitrogen and oxygen atoms in total. The zero-order valence-corrected chi connectivity index (χ0v) is 12.0. The third kappa shape index (κ3) is 4.38. The second-order valence-electron chi connectivity index (χ2n) is 4.42. The number of nitrogens with one attached hydrogen (secondary N) is 1. The van der Waals surface area contributed by atoms with E-state index in [0.717, 1.165) is 11.3 Å². The third-order valence-corrected chi connectivity index (χ3v) is 4.06. The summed E-state index contributed by atoms with van der Waals surface area (Å²) < 4.78 is 12.8. The molecule has 2 aromatic carbocycles. The van der Waals surface area contributed by atoms with Crippen molar-refractivity contribution >= 4 is 23.4 Å². The minimum atomic E-state index is -0.243. The standard InChI is InChI=1S/C16H16FNOS/c1-12(13-7-9-14(17)10-8-13)20-11-16(19)18-15-5-3-2-4-6-15/h2-10,12H,11H2,1H3,(H,18,19). The molecular weight excluding hydrogens is 273 g/mol. The fourth-order valence-electron chi connectivity index (χ4n) is 1.75. The molecule has 0 aliphatic heterocycles. The molecule has 0 fully saturated rings. The first-order valence-corrected chi connectivity index (χ1v) is 7.42. The third-order valence-electron chi connectivity index (χ3n) is 2.86. The Labute approximate surface area is 122 Å². The van der Waals surface area contributed by atoms with E-state index >= 15 is 0 Å². The first kappa shape index (κ1) is 14.6. The van der Waals surface area contributed by atoms with E-state index < -0.39 is 0 Å². The van der Waals surface area contributed by atoms with E-state index in [-0.39, 0.29) is 17.0 Å². The lowest BCUT2D eigenvalue weighted by molar-refractivity contribution is -0.113. The van der Waals surface area contributed by atoms with E-state index in [9.17, 15) is 9.18 Å². The minimum Gasteiger partial charge on any atom is -0.325 e. The van der Waals surface area contributed by atoms with E-state index in [4.69, 9.17) is 0 Å². The highest BCUT2D eigenvalue weighted by molar-refractivity contribution is 8.00. The monoisotopic (exact) mass is 289 g/mol. The molecule has 0 aliphatic rings. The van der Waals surface area contributed by atoms with Gasteiger partial charge < -0.3 is 5.32 Å². The molecule has 1 amide bonds. The van der Waals surface area contributed by atoms with E-state index in [0.29, 0.717) is 5.75 Å². The Kier molecular flexibility index (Phi) is 5.18. The molecule has 4 heteroatoms. The minimum absolute atomic E-state index is 0.0323. The summed E-state index contributed by atoms with van der Waals surface area (Å²) in [5.74, 6) is 0.0934. The first-order chi connectivity index (χ1) is 9.65. The van der Waals surface area contributed by atoms with Gasteiger partial charge in [-0.15, -0.1) is 11.8 Å². The maximum Gasteiger partial charge on any atom is 0.234 e. The normalized spacial score (nSPS) is 11.9. The van der Waals surface area contributed by atoms with Gasteiger partial charge in [-0.3, -0.25) is 4.79 Å². The number of thioether (sulfide) groups is 1. The van der Waals surface area contributed by atoms with Crippen molar-refractivity contribution < 1.29 is 9.18 Å². The number of halogens is 1. The Bertz CT molecular complexity index is 556. The highest BCUT2D eigenvalue weighted by Gasteiger charge is 2.09. The lowest BCUT2D eigenvalue weighted by Gasteiger charge is -2.11. The number of amides is 1. The second-order valence-corrected chi connectivity index (χ2v) is 5.75. The highest BCUT2D eigenvalue weighted by Crippen LogP contribution is 2.28. The molecule has 104 valence electrons. The lowest BCUT2D eigenvalue weighted by atomic mass is 10.2. The SMILES string of the molecule is CC(SCC(=O)Nc1ccccc1)c1ccc(F)cc1. The molecule has 0 heterocycles. The molecule has 0 aliphatic carbocycles. The summed E-state index contributed by atoms with van der Waals surface area (Å²) in [6.07, 6.45) is 0. The zero-order valence-electron chi connectivity index (χ0n) is 11.2. The predicted octanol–water partition coefficient (Wildman–Crippen LogP) is 4.26. The second kappa shape index (κ2) is 7.10. The fourth-order valence-corrected chi connectivity index (χ4v) is 2.57. The van der Waals surface area contributed by atoms with Crippen LogP contribution in [0.2, 0.25) is 0 Å². The lowest BCUT2D eigenvalue weighted by Crippen LogP contribution is -2.14. The van der Waals surface area contributed by atoms with Crippen molar-refractivity contribution in [3.05, 3.63) is 66.0 Å². The van der Waals surface area contributed by atoms with Crippen molar-refractivity contribution in [2.45, 2.75) is 12.2 Å². The molecule has 0 aromatic heterocycles. The summed E-state index contributed by atoms with van der Waals surface area (Å²) in [6, 6.07) is 15.8. The molecule has 0 saturated heterocycles. The van der Waals surface area contributed by atoms with E-state index in [1.807, 2.05) is 37.3 Å². The average molecular weight is 289 g/mol. The van der Waals surface area contributed by atoms with E-state index in [1.54, 1.807) is 12.1 Å². The first-order valence-electron chi connectivity index (χ1n) is 6.37. The number of carbonyl (C=O) groups excluding carboxylic acids is 1. The van der Waals surface area contributed by atoms with Crippen molar-refractivity contribution in [2.75, 3.05) is 11.1 Å². The van der Waals surface area contributed by atoms with Crippen LogP contribution in [-0.2, 0) is 4.79 Å². The van der Waals surface area contributed by atoms with Gasteiger partial charge in [-0.05, 0) is 36.8 Å². The Balaban J connectivity index is 1.82. The van der Waals surface area contributed by atoms with Gasteiger partial charge in [0.05, 0.1) is 5.75 Å². The number of hydrogen-bond acceptors (Lipinski definition) is 2. The molecule has 1 unspecified atom stereocenters. The Morgan fingerprint density at radius 1 is 1.15 bits per heavy atom. The summed E-state index contributed by atoms with van der Waals surface area (Å²) >= 11 is 1.53. The van der Waals surface area contributed by atoms with Gasteiger partial charge >= 0.3 is 0 Å². The zero-order chi connectivity index (χ0) is 14.4. The predicted molar refractivity (Wildman–Crippen MR) is 82.3 cm³/mol. The summed E-state index contributed by atoms with van der Waals surface area (Å²) in [5.41, 5.74) is 1.82. The van der Waals surface area contributed by atoms with Crippen LogP contribution in [0.5, 0.6) is 0 Å². The maximum atomic E-state index is 12.8. The van der Waals surface area contributed by atoms with Crippen molar-refractivity contribution in [1.29, 1.82) is 0 Å². The largest absolute Gasteiger partial charge is 0.325 e. The smallest absolute Gasteiger partial charge is 0.234 e. The molecule has 0 bridgehead atoms. The summed E-state index contributed by atoms with van der Waals surface area (Å²) in [7, 11) is 0. The summed E-state index contributed by atoms with van der Waals surface area (Å²) in [6.45, 7) is 2.01. The number of anilines is 1. The van der Waals surface area contributed by atoms with Crippen LogP contribution in [0.15, 0.2) is 54.6 Å². The maximum absolute atomic E-state index is 12.8. The van der Waals surface area contributed by atoms with Crippen LogP contribution < -0.4 is 5.32 Å². The Hall–Kier alpha value is -1.81. The Morgan fingerprint density at radius 2 is 1.80 bits per heavy atom. The molecule has 2 rings (SSSR count). The summed E-state index contributed by atoms with van der Waals surface area (Å²) in [4.78, 5) is 11.8. The number of para-hydroxylation sites is 1. The van der Waals surface area contributed by atoms with Crippen molar-refractivity contribution in [2.24, 2.45) is 0 Å². The molecular formula is C16H16FNOS. The van der Waals surface area contributed by atoms with Gasteiger partial charge in [-0.25, -0.2) is 4.39 Å². The van der Waals surface area contributed by atoms with Crippen LogP contribution >= 0.6 is 11.8 Å². The molecule has 0 saturated carbocycles. The van der Waals surface area contributed by atoms with E-state index in [2.05, 4.69) is 5.32 Å². The Morgan fingerprint density at radius 3 is 2.45 bits per heavy atom. The molecule has 20 heavy (non-hydrogen) atoms. The molecule has 1 N–H and O–H groups in total. The van der Waals surface area contributed by atoms with Crippen LogP contribution in [0.25, 0.3) is 0 Å². The molecule has 1 atom stereocenters.